The molecule has 1 aromatic heterocycles. The molecule has 2 N–H and O–H groups in total. The van der Waals surface area contributed by atoms with Gasteiger partial charge in [-0.1, -0.05) is 30.8 Å². The van der Waals surface area contributed by atoms with E-state index in [0.717, 1.165) is 30.2 Å². The van der Waals surface area contributed by atoms with Crippen LogP contribution in [-0.4, -0.2) is 87.6 Å². The average molecular weight is 584 g/mol. The van der Waals surface area contributed by atoms with E-state index in [1.165, 1.54) is 12.1 Å². The first-order valence-corrected chi connectivity index (χ1v) is 14.6. The second-order valence-corrected chi connectivity index (χ2v) is 11.2. The molecule has 0 unspecified atom stereocenters. The van der Waals surface area contributed by atoms with E-state index in [4.69, 9.17) is 4.74 Å². The number of aromatic nitrogens is 2. The Balaban J connectivity index is 1.45. The number of hydrogen-bond donors (Lipinski definition) is 2. The molecule has 5 rings (SSSR count). The number of phenolic OH excluding ortho intramolecular Hbond substituents is 1. The number of nitrogens with zero attached hydrogens (tertiary/aromatic N) is 6. The van der Waals surface area contributed by atoms with Crippen LogP contribution in [-0.2, 0) is 4.79 Å². The molecule has 2 aliphatic rings. The number of anilines is 2. The number of fused-ring (bicyclic) bond motifs is 1. The van der Waals surface area contributed by atoms with E-state index in [1.807, 2.05) is 29.2 Å². The molecule has 0 bridgehead atoms. The largest absolute Gasteiger partial charge is 0.508 e. The van der Waals surface area contributed by atoms with Crippen molar-refractivity contribution in [3.8, 4) is 17.8 Å². The van der Waals surface area contributed by atoms with Gasteiger partial charge in [-0.2, -0.15) is 15.2 Å². The number of carbonyl (C=O) groups excluding carboxylic acids is 2. The summed E-state index contributed by atoms with van der Waals surface area (Å²) in [6.07, 6.45) is 3.50. The first-order valence-electron chi connectivity index (χ1n) is 14.6. The van der Waals surface area contributed by atoms with Gasteiger partial charge in [0.15, 0.2) is 0 Å². The van der Waals surface area contributed by atoms with E-state index in [2.05, 4.69) is 46.7 Å². The summed E-state index contributed by atoms with van der Waals surface area (Å²) in [5, 5.41) is 24.2. The van der Waals surface area contributed by atoms with E-state index in [9.17, 15) is 20.0 Å². The van der Waals surface area contributed by atoms with Crippen molar-refractivity contribution in [2.75, 3.05) is 43.0 Å². The highest BCUT2D eigenvalue weighted by Crippen LogP contribution is 2.30. The van der Waals surface area contributed by atoms with Crippen LogP contribution in [0.25, 0.3) is 10.8 Å². The molecule has 2 fully saturated rings. The van der Waals surface area contributed by atoms with E-state index in [1.54, 1.807) is 17.0 Å². The number of ether oxygens (including phenoxy) is 1. The van der Waals surface area contributed by atoms with Crippen LogP contribution >= 0.6 is 0 Å². The van der Waals surface area contributed by atoms with Crippen LogP contribution in [0.1, 0.15) is 43.6 Å². The summed E-state index contributed by atoms with van der Waals surface area (Å²) < 4.78 is 6.14. The number of carbonyl (C=O) groups is 2. The topological polar surface area (TPSA) is 135 Å². The maximum absolute atomic E-state index is 13.6. The van der Waals surface area contributed by atoms with Crippen molar-refractivity contribution in [2.24, 2.45) is 0 Å². The lowest BCUT2D eigenvalue weighted by Gasteiger charge is -2.40. The first kappa shape index (κ1) is 29.8. The standard InChI is InChI=1S/C32H37N7O4/c1-4-30(41)39-15-14-37(19-23(39)11-12-33)29-18-28(35-32(36-29)43-20-24-9-7-13-38(24)21(2)3)31(42)34-27-17-25(40)16-22-8-5-6-10-26(22)27/h4-6,8,10,16-18,21,23-24,40H,1,7,9,11,13-15,19-20H2,2-3H3,(H,34,42)/t23-,24-/m0/s1. The number of likely N-dealkylation sites (tertiary alicyclic amines) is 1. The minimum Gasteiger partial charge on any atom is -0.508 e. The summed E-state index contributed by atoms with van der Waals surface area (Å²) in [6.45, 7) is 10.5. The monoisotopic (exact) mass is 583 g/mol. The number of hydrogen-bond acceptors (Lipinski definition) is 9. The van der Waals surface area contributed by atoms with Gasteiger partial charge in [0.1, 0.15) is 23.9 Å². The van der Waals surface area contributed by atoms with Crippen LogP contribution in [0.4, 0.5) is 11.5 Å². The second-order valence-electron chi connectivity index (χ2n) is 11.2. The minimum absolute atomic E-state index is 0.0307. The lowest BCUT2D eigenvalue weighted by molar-refractivity contribution is -0.128. The highest BCUT2D eigenvalue weighted by molar-refractivity contribution is 6.09. The number of phenols is 1. The average Bonchev–Trinajstić information content (AvgIpc) is 3.49. The molecule has 0 saturated carbocycles. The summed E-state index contributed by atoms with van der Waals surface area (Å²) in [7, 11) is 0. The van der Waals surface area contributed by atoms with Crippen LogP contribution in [0.5, 0.6) is 11.8 Å². The fourth-order valence-electron chi connectivity index (χ4n) is 5.98. The van der Waals surface area contributed by atoms with Gasteiger partial charge >= 0.3 is 6.01 Å². The number of nitrogens with one attached hydrogen (secondary N) is 1. The Hall–Kier alpha value is -4.69. The molecule has 43 heavy (non-hydrogen) atoms. The number of aromatic hydroxyl groups is 1. The third kappa shape index (κ3) is 6.70. The zero-order chi connectivity index (χ0) is 30.5. The van der Waals surface area contributed by atoms with Crippen LogP contribution in [0.15, 0.2) is 55.1 Å². The normalized spacial score (nSPS) is 18.9. The van der Waals surface area contributed by atoms with E-state index >= 15 is 0 Å². The van der Waals surface area contributed by atoms with Gasteiger partial charge in [0.25, 0.3) is 5.91 Å². The molecule has 2 atom stereocenters. The van der Waals surface area contributed by atoms with Gasteiger partial charge < -0.3 is 25.0 Å². The fourth-order valence-corrected chi connectivity index (χ4v) is 5.98. The molecular weight excluding hydrogens is 546 g/mol. The van der Waals surface area contributed by atoms with Crippen molar-refractivity contribution in [1.29, 1.82) is 5.26 Å². The SMILES string of the molecule is C=CC(=O)N1CCN(c2cc(C(=O)Nc3cc(O)cc4ccccc34)nc(OC[C@@H]3CCCN3C(C)C)n2)C[C@@H]1CC#N. The van der Waals surface area contributed by atoms with Crippen LogP contribution < -0.4 is 15.0 Å². The first-order chi connectivity index (χ1) is 20.8. The summed E-state index contributed by atoms with van der Waals surface area (Å²) >= 11 is 0. The van der Waals surface area contributed by atoms with E-state index < -0.39 is 5.91 Å². The highest BCUT2D eigenvalue weighted by atomic mass is 16.5. The zero-order valence-electron chi connectivity index (χ0n) is 24.6. The van der Waals surface area contributed by atoms with Crippen molar-refractivity contribution in [3.05, 3.63) is 60.8 Å². The molecule has 224 valence electrons. The van der Waals surface area contributed by atoms with Crippen molar-refractivity contribution in [3.63, 3.8) is 0 Å². The maximum Gasteiger partial charge on any atom is 0.319 e. The predicted octanol–water partition coefficient (Wildman–Crippen LogP) is 3.96. The Morgan fingerprint density at radius 3 is 2.77 bits per heavy atom. The van der Waals surface area contributed by atoms with E-state index in [-0.39, 0.29) is 41.9 Å². The summed E-state index contributed by atoms with van der Waals surface area (Å²) in [5.74, 6) is -0.209. The van der Waals surface area contributed by atoms with Crippen LogP contribution in [0.3, 0.4) is 0 Å². The predicted molar refractivity (Wildman–Crippen MR) is 164 cm³/mol. The molecule has 2 aromatic carbocycles. The third-order valence-electron chi connectivity index (χ3n) is 8.10. The highest BCUT2D eigenvalue weighted by Gasteiger charge is 2.31. The van der Waals surface area contributed by atoms with Gasteiger partial charge in [-0.05, 0) is 50.8 Å². The molecule has 11 nitrogen and oxygen atoms in total. The quantitative estimate of drug-likeness (QED) is 0.359. The number of piperazine rings is 1. The van der Waals surface area contributed by atoms with Gasteiger partial charge in [0, 0.05) is 49.2 Å². The molecular formula is C32H37N7O4. The lowest BCUT2D eigenvalue weighted by atomic mass is 10.1. The Morgan fingerprint density at radius 1 is 1.19 bits per heavy atom. The minimum atomic E-state index is -0.483. The second kappa shape index (κ2) is 13.1. The zero-order valence-corrected chi connectivity index (χ0v) is 24.6. The van der Waals surface area contributed by atoms with Crippen LogP contribution in [0, 0.1) is 11.3 Å². The molecule has 2 aliphatic heterocycles. The van der Waals surface area contributed by atoms with Crippen LogP contribution in [0.2, 0.25) is 0 Å². The van der Waals surface area contributed by atoms with Gasteiger partial charge in [-0.25, -0.2) is 0 Å². The summed E-state index contributed by atoms with van der Waals surface area (Å²) in [4.78, 5) is 41.2. The van der Waals surface area contributed by atoms with Crippen molar-refractivity contribution in [2.45, 2.75) is 51.2 Å². The Morgan fingerprint density at radius 2 is 2.00 bits per heavy atom. The molecule has 11 heteroatoms. The lowest BCUT2D eigenvalue weighted by Crippen LogP contribution is -2.55. The molecule has 2 saturated heterocycles. The van der Waals surface area contributed by atoms with Gasteiger partial charge in [0.05, 0.1) is 24.2 Å². The number of rotatable bonds is 9. The Labute approximate surface area is 251 Å². The number of amides is 2. The van der Waals surface area contributed by atoms with Crippen molar-refractivity contribution in [1.82, 2.24) is 19.8 Å². The molecule has 2 amide bonds. The summed E-state index contributed by atoms with van der Waals surface area (Å²) in [6, 6.07) is 14.7. The number of nitriles is 1. The number of benzene rings is 2. The van der Waals surface area contributed by atoms with Gasteiger partial charge in [-0.3, -0.25) is 14.5 Å². The molecule has 0 spiro atoms. The molecule has 0 radical (unpaired) electrons. The summed E-state index contributed by atoms with van der Waals surface area (Å²) in [5.41, 5.74) is 0.549. The Bertz CT molecular complexity index is 1550. The van der Waals surface area contributed by atoms with Crippen molar-refractivity contribution >= 4 is 34.1 Å². The Kier molecular flexibility index (Phi) is 9.07. The molecule has 3 aromatic rings. The van der Waals surface area contributed by atoms with E-state index in [0.29, 0.717) is 43.8 Å². The van der Waals surface area contributed by atoms with Gasteiger partial charge in [0.2, 0.25) is 5.91 Å². The van der Waals surface area contributed by atoms with Crippen molar-refractivity contribution < 1.29 is 19.4 Å². The molecule has 3 heterocycles. The maximum atomic E-state index is 13.6. The molecule has 0 aliphatic carbocycles. The van der Waals surface area contributed by atoms with Gasteiger partial charge in [-0.15, -0.1) is 0 Å². The third-order valence-corrected chi connectivity index (χ3v) is 8.10. The fraction of sp³-hybridized carbons (Fsp3) is 0.406. The smallest absolute Gasteiger partial charge is 0.319 e.